The number of nitrogens with zero attached hydrogens (tertiary/aromatic N) is 5. The van der Waals surface area contributed by atoms with Crippen LogP contribution in [0.4, 0.5) is 0 Å². The van der Waals surface area contributed by atoms with E-state index in [1.807, 2.05) is 0 Å². The van der Waals surface area contributed by atoms with Crippen LogP contribution in [0.2, 0.25) is 0 Å². The van der Waals surface area contributed by atoms with Crippen molar-refractivity contribution in [3.63, 3.8) is 0 Å². The second kappa shape index (κ2) is 7.68. The summed E-state index contributed by atoms with van der Waals surface area (Å²) in [5.41, 5.74) is 0. The van der Waals surface area contributed by atoms with Gasteiger partial charge in [-0.3, -0.25) is 0 Å². The molecule has 0 aromatic heterocycles. The smallest absolute Gasteiger partial charge is 0.336 e. The van der Waals surface area contributed by atoms with Gasteiger partial charge in [-0.05, 0) is 32.9 Å². The van der Waals surface area contributed by atoms with Crippen molar-refractivity contribution in [2.45, 2.75) is 0 Å². The Labute approximate surface area is 167 Å². The van der Waals surface area contributed by atoms with Gasteiger partial charge in [0.2, 0.25) is 0 Å². The molecule has 1 heterocycles. The summed E-state index contributed by atoms with van der Waals surface area (Å²) in [6, 6.07) is 0. The summed E-state index contributed by atoms with van der Waals surface area (Å²) < 4.78 is 5.42. The van der Waals surface area contributed by atoms with Crippen LogP contribution >= 0.6 is 0 Å². The Morgan fingerprint density at radius 2 is 0.520 bits per heavy atom. The summed E-state index contributed by atoms with van der Waals surface area (Å²) >= 11 is 0. The minimum absolute atomic E-state index is 0.503. The van der Waals surface area contributed by atoms with E-state index < -0.39 is 49.2 Å². The van der Waals surface area contributed by atoms with Crippen LogP contribution in [0.1, 0.15) is 0 Å². The van der Waals surface area contributed by atoms with Crippen LogP contribution in [-0.2, 0) is 0 Å². The summed E-state index contributed by atoms with van der Waals surface area (Å²) in [6.45, 7) is 21.2. The van der Waals surface area contributed by atoms with Gasteiger partial charge in [0.05, 0.1) is 31.0 Å². The zero-order valence-corrected chi connectivity index (χ0v) is 24.3. The molecular weight excluding hydrogens is 391 g/mol. The summed E-state index contributed by atoms with van der Waals surface area (Å²) in [5, 5.41) is 0. The Bertz CT molecular complexity index is 453. The Kier molecular flexibility index (Phi) is 6.95. The molecular formula is C15H40N5Si5+5. The Morgan fingerprint density at radius 1 is 0.400 bits per heavy atom. The molecule has 140 valence electrons. The minimum Gasteiger partial charge on any atom is -0.336 e. The summed E-state index contributed by atoms with van der Waals surface area (Å²) in [6.07, 6.45) is 11.1. The predicted octanol–water partition coefficient (Wildman–Crippen LogP) is -2.06. The van der Waals surface area contributed by atoms with E-state index in [0.29, 0.717) is 0 Å². The molecule has 25 heavy (non-hydrogen) atoms. The molecule has 0 unspecified atom stereocenters. The van der Waals surface area contributed by atoms with Crippen LogP contribution in [0.5, 0.6) is 0 Å². The Hall–Kier alpha value is -0.416. The SMILES string of the molecule is C=C[N+]1(C)[SiH2][N+](C)(C=C)[SiH2][N+](C)(C=C)[SiH2][N+](C)(C=C)[SiH2][N+](C)(C=C)[SiH2]1. The molecule has 0 amide bonds. The average molecular weight is 431 g/mol. The van der Waals surface area contributed by atoms with Gasteiger partial charge in [-0.25, -0.2) is 0 Å². The third kappa shape index (κ3) is 5.53. The molecule has 1 rings (SSSR count). The maximum atomic E-state index is 4.24. The fraction of sp³-hybridized carbons (Fsp3) is 0.333. The number of quaternary nitrogens is 5. The van der Waals surface area contributed by atoms with Gasteiger partial charge >= 0.3 is 49.2 Å². The highest BCUT2D eigenvalue weighted by Gasteiger charge is 2.51. The van der Waals surface area contributed by atoms with Gasteiger partial charge < -0.3 is 19.1 Å². The van der Waals surface area contributed by atoms with E-state index in [1.165, 1.54) is 0 Å². The van der Waals surface area contributed by atoms with Gasteiger partial charge in [0.15, 0.2) is 0 Å². The van der Waals surface area contributed by atoms with Crippen molar-refractivity contribution < 1.29 is 19.1 Å². The van der Waals surface area contributed by atoms with Crippen molar-refractivity contribution >= 4 is 49.2 Å². The van der Waals surface area contributed by atoms with E-state index in [1.54, 1.807) is 0 Å². The molecule has 0 aliphatic carbocycles. The van der Waals surface area contributed by atoms with Crippen molar-refractivity contribution in [2.24, 2.45) is 0 Å². The molecule has 1 fully saturated rings. The molecule has 0 bridgehead atoms. The molecule has 1 aliphatic heterocycles. The summed E-state index contributed by atoms with van der Waals surface area (Å²) in [4.78, 5) is 0. The molecule has 10 heteroatoms. The number of rotatable bonds is 5. The lowest BCUT2D eigenvalue weighted by Gasteiger charge is -2.50. The van der Waals surface area contributed by atoms with Gasteiger partial charge in [0, 0.05) is 35.2 Å². The van der Waals surface area contributed by atoms with Crippen molar-refractivity contribution in [1.82, 2.24) is 0 Å². The Morgan fingerprint density at radius 3 is 0.600 bits per heavy atom. The van der Waals surface area contributed by atoms with E-state index >= 15 is 0 Å². The molecule has 0 radical (unpaired) electrons. The zero-order valence-electron chi connectivity index (χ0n) is 17.2. The zero-order chi connectivity index (χ0) is 19.6. The van der Waals surface area contributed by atoms with Crippen molar-refractivity contribution in [2.75, 3.05) is 35.2 Å². The standard InChI is InChI=1S/C15H40N5Si5/c1-11-16(6)21-17(7,12-2)23-19(9,14-4)25-20(10,15-5)24-18(8,13-3)22-16/h11-15H,1-5,21-25H2,6-10H3/q+5. The van der Waals surface area contributed by atoms with Crippen molar-refractivity contribution in [1.29, 1.82) is 0 Å². The largest absolute Gasteiger partial charge is 0.475 e. The lowest BCUT2D eigenvalue weighted by molar-refractivity contribution is -0.856. The van der Waals surface area contributed by atoms with Crippen LogP contribution in [-0.4, -0.2) is 104 Å². The fourth-order valence-electron chi connectivity index (χ4n) is 4.49. The third-order valence-electron chi connectivity index (χ3n) is 5.43. The third-order valence-corrected chi connectivity index (χ3v) is 20.5. The van der Waals surface area contributed by atoms with Crippen LogP contribution < -0.4 is 0 Å². The van der Waals surface area contributed by atoms with Crippen molar-refractivity contribution in [3.05, 3.63) is 63.9 Å². The number of hydrogen-bond acceptors (Lipinski definition) is 0. The first kappa shape index (κ1) is 22.6. The van der Waals surface area contributed by atoms with Gasteiger partial charge in [0.1, 0.15) is 0 Å². The molecule has 1 saturated heterocycles. The van der Waals surface area contributed by atoms with Gasteiger partial charge in [-0.2, -0.15) is 0 Å². The van der Waals surface area contributed by atoms with Gasteiger partial charge in [0.25, 0.3) is 0 Å². The molecule has 1 aliphatic rings. The second-order valence-corrected chi connectivity index (χ2v) is 29.4. The lowest BCUT2D eigenvalue weighted by atomic mass is 11.0. The van der Waals surface area contributed by atoms with E-state index in [4.69, 9.17) is 0 Å². The molecule has 0 aromatic carbocycles. The molecule has 0 atom stereocenters. The maximum Gasteiger partial charge on any atom is 0.475 e. The van der Waals surface area contributed by atoms with Crippen LogP contribution in [0.25, 0.3) is 0 Å². The van der Waals surface area contributed by atoms with Gasteiger partial charge in [-0.1, -0.05) is 0 Å². The maximum absolute atomic E-state index is 4.24. The topological polar surface area (TPSA) is 0 Å². The van der Waals surface area contributed by atoms with Crippen LogP contribution in [0, 0.1) is 0 Å². The monoisotopic (exact) mass is 430 g/mol. The number of hydrogen-bond donors (Lipinski definition) is 0. The first-order valence-electron chi connectivity index (χ1n) is 8.73. The van der Waals surface area contributed by atoms with Gasteiger partial charge in [-0.15, -0.1) is 0 Å². The van der Waals surface area contributed by atoms with E-state index in [9.17, 15) is 0 Å². The van der Waals surface area contributed by atoms with E-state index in [2.05, 4.69) is 99.1 Å². The quantitative estimate of drug-likeness (QED) is 0.440. The fourth-order valence-corrected chi connectivity index (χ4v) is 32.8. The summed E-state index contributed by atoms with van der Waals surface area (Å²) in [7, 11) is 9.52. The highest BCUT2D eigenvalue weighted by molar-refractivity contribution is 6.48. The molecule has 0 N–H and O–H groups in total. The van der Waals surface area contributed by atoms with Crippen molar-refractivity contribution in [3.8, 4) is 0 Å². The first-order chi connectivity index (χ1) is 11.3. The predicted molar refractivity (Wildman–Crippen MR) is 125 cm³/mol. The molecule has 0 aromatic rings. The highest BCUT2D eigenvalue weighted by atomic mass is 28.4. The van der Waals surface area contributed by atoms with E-state index in [-0.39, 0.29) is 0 Å². The normalized spacial score (nSPS) is 50.6. The van der Waals surface area contributed by atoms with E-state index in [0.717, 1.165) is 19.1 Å². The molecule has 0 spiro atoms. The second-order valence-electron chi connectivity index (χ2n) is 9.02. The minimum atomic E-state index is -0.503. The Balaban J connectivity index is 3.56. The highest BCUT2D eigenvalue weighted by Crippen LogP contribution is 2.21. The first-order valence-corrected chi connectivity index (χ1v) is 15.1. The molecule has 0 saturated carbocycles. The van der Waals surface area contributed by atoms with Crippen LogP contribution in [0.15, 0.2) is 63.9 Å². The average Bonchev–Trinajstić information content (AvgIpc) is 2.53. The lowest BCUT2D eigenvalue weighted by Crippen LogP contribution is -2.77. The summed E-state index contributed by atoms with van der Waals surface area (Å²) in [5.74, 6) is 0. The van der Waals surface area contributed by atoms with Crippen LogP contribution in [0.3, 0.4) is 0 Å². The molecule has 5 nitrogen and oxygen atoms in total.